The molecule has 1 aliphatic rings. The summed E-state index contributed by atoms with van der Waals surface area (Å²) in [6.45, 7) is 10.3. The van der Waals surface area contributed by atoms with E-state index < -0.39 is 11.8 Å². The van der Waals surface area contributed by atoms with E-state index in [-0.39, 0.29) is 17.1 Å². The van der Waals surface area contributed by atoms with Crippen LogP contribution in [0.25, 0.3) is 0 Å². The first-order valence-corrected chi connectivity index (χ1v) is 8.25. The Morgan fingerprint density at radius 1 is 1.12 bits per heavy atom. The molecule has 5 N–H and O–H groups in total. The summed E-state index contributed by atoms with van der Waals surface area (Å²) in [6, 6.07) is 5.24. The van der Waals surface area contributed by atoms with Crippen molar-refractivity contribution in [2.24, 2.45) is 0 Å². The van der Waals surface area contributed by atoms with Crippen LogP contribution in [0.15, 0.2) is 18.2 Å². The average Bonchev–Trinajstić information content (AvgIpc) is 2.38. The highest BCUT2D eigenvalue weighted by molar-refractivity contribution is 6.40. The lowest BCUT2D eigenvalue weighted by Gasteiger charge is -2.46. The van der Waals surface area contributed by atoms with Crippen LogP contribution in [0.2, 0.25) is 0 Å². The van der Waals surface area contributed by atoms with Gasteiger partial charge in [-0.05, 0) is 65.2 Å². The molecular formula is C18H28N4O2. The Morgan fingerprint density at radius 2 is 1.71 bits per heavy atom. The third-order valence-corrected chi connectivity index (χ3v) is 4.19. The summed E-state index contributed by atoms with van der Waals surface area (Å²) < 4.78 is 0. The molecule has 6 heteroatoms. The molecular weight excluding hydrogens is 304 g/mol. The second-order valence-corrected chi connectivity index (χ2v) is 8.02. The molecule has 24 heavy (non-hydrogen) atoms. The lowest BCUT2D eigenvalue weighted by Crippen LogP contribution is -2.62. The number of aryl methyl sites for hydroxylation is 1. The number of amides is 2. The van der Waals surface area contributed by atoms with Crippen molar-refractivity contribution >= 4 is 23.2 Å². The first kappa shape index (κ1) is 18.3. The van der Waals surface area contributed by atoms with Gasteiger partial charge in [-0.2, -0.15) is 0 Å². The monoisotopic (exact) mass is 332 g/mol. The summed E-state index contributed by atoms with van der Waals surface area (Å²) in [6.07, 6.45) is 1.53. The molecule has 1 saturated heterocycles. The van der Waals surface area contributed by atoms with Gasteiger partial charge in [0.2, 0.25) is 0 Å². The van der Waals surface area contributed by atoms with E-state index >= 15 is 0 Å². The second-order valence-electron chi connectivity index (χ2n) is 8.02. The fourth-order valence-corrected chi connectivity index (χ4v) is 3.65. The maximum atomic E-state index is 12.2. The first-order valence-electron chi connectivity index (χ1n) is 8.25. The van der Waals surface area contributed by atoms with Crippen LogP contribution in [0.5, 0.6) is 0 Å². The molecule has 1 aromatic carbocycles. The van der Waals surface area contributed by atoms with Crippen molar-refractivity contribution in [2.75, 3.05) is 11.1 Å². The molecule has 0 radical (unpaired) electrons. The van der Waals surface area contributed by atoms with Gasteiger partial charge in [0, 0.05) is 17.1 Å². The molecule has 132 valence electrons. The standard InChI is InChI=1S/C18H28N4O2/c1-11-6-7-14(13(19)8-11)21-16(24)15(23)20-12-9-17(2,3)22-18(4,5)10-12/h6-8,12,22H,9-10,19H2,1-5H3,(H,20,23)(H,21,24). The predicted molar refractivity (Wildman–Crippen MR) is 96.7 cm³/mol. The van der Waals surface area contributed by atoms with Crippen LogP contribution in [0.1, 0.15) is 46.1 Å². The Morgan fingerprint density at radius 3 is 2.25 bits per heavy atom. The van der Waals surface area contributed by atoms with E-state index in [0.29, 0.717) is 11.4 Å². The Kier molecular flexibility index (Phi) is 4.90. The van der Waals surface area contributed by atoms with E-state index in [2.05, 4.69) is 43.6 Å². The van der Waals surface area contributed by atoms with Crippen LogP contribution in [-0.4, -0.2) is 28.9 Å². The Balaban J connectivity index is 2.00. The number of nitrogens with one attached hydrogen (secondary N) is 3. The van der Waals surface area contributed by atoms with Crippen LogP contribution in [0, 0.1) is 6.92 Å². The molecule has 2 amide bonds. The van der Waals surface area contributed by atoms with Crippen LogP contribution >= 0.6 is 0 Å². The summed E-state index contributed by atoms with van der Waals surface area (Å²) in [7, 11) is 0. The van der Waals surface area contributed by atoms with Gasteiger partial charge in [-0.25, -0.2) is 0 Å². The quantitative estimate of drug-likeness (QED) is 0.491. The number of piperidine rings is 1. The molecule has 0 atom stereocenters. The van der Waals surface area contributed by atoms with Gasteiger partial charge in [0.15, 0.2) is 0 Å². The van der Waals surface area contributed by atoms with Crippen LogP contribution in [0.3, 0.4) is 0 Å². The molecule has 1 aliphatic heterocycles. The van der Waals surface area contributed by atoms with E-state index in [1.165, 1.54) is 0 Å². The van der Waals surface area contributed by atoms with E-state index in [1.54, 1.807) is 12.1 Å². The zero-order valence-electron chi connectivity index (χ0n) is 15.1. The van der Waals surface area contributed by atoms with E-state index in [9.17, 15) is 9.59 Å². The minimum Gasteiger partial charge on any atom is -0.397 e. The molecule has 0 bridgehead atoms. The van der Waals surface area contributed by atoms with E-state index in [4.69, 9.17) is 5.73 Å². The SMILES string of the molecule is Cc1ccc(NC(=O)C(=O)NC2CC(C)(C)NC(C)(C)C2)c(N)c1. The number of nitrogens with two attached hydrogens (primary N) is 1. The maximum Gasteiger partial charge on any atom is 0.313 e. The number of hydrogen-bond acceptors (Lipinski definition) is 4. The van der Waals surface area contributed by atoms with Gasteiger partial charge >= 0.3 is 11.8 Å². The van der Waals surface area contributed by atoms with Gasteiger partial charge in [-0.3, -0.25) is 9.59 Å². The van der Waals surface area contributed by atoms with Gasteiger partial charge in [-0.1, -0.05) is 6.07 Å². The second kappa shape index (κ2) is 6.43. The minimum atomic E-state index is -0.695. The number of benzene rings is 1. The maximum absolute atomic E-state index is 12.2. The van der Waals surface area contributed by atoms with E-state index in [0.717, 1.165) is 18.4 Å². The highest BCUT2D eigenvalue weighted by Gasteiger charge is 2.38. The largest absolute Gasteiger partial charge is 0.397 e. The summed E-state index contributed by atoms with van der Waals surface area (Å²) >= 11 is 0. The zero-order valence-corrected chi connectivity index (χ0v) is 15.1. The van der Waals surface area contributed by atoms with Gasteiger partial charge in [0.25, 0.3) is 0 Å². The number of carbonyl (C=O) groups is 2. The number of hydrogen-bond donors (Lipinski definition) is 4. The lowest BCUT2D eigenvalue weighted by molar-refractivity contribution is -0.137. The lowest BCUT2D eigenvalue weighted by atomic mass is 9.79. The zero-order chi connectivity index (χ0) is 18.1. The molecule has 1 aromatic rings. The average molecular weight is 332 g/mol. The van der Waals surface area contributed by atoms with Crippen molar-refractivity contribution in [3.63, 3.8) is 0 Å². The molecule has 0 aromatic heterocycles. The highest BCUT2D eigenvalue weighted by Crippen LogP contribution is 2.28. The van der Waals surface area contributed by atoms with Gasteiger partial charge in [-0.15, -0.1) is 0 Å². The smallest absolute Gasteiger partial charge is 0.313 e. The summed E-state index contributed by atoms with van der Waals surface area (Å²) in [4.78, 5) is 24.4. The van der Waals surface area contributed by atoms with Crippen molar-refractivity contribution in [1.82, 2.24) is 10.6 Å². The minimum absolute atomic E-state index is 0.0511. The first-order chi connectivity index (χ1) is 11.0. The number of rotatable bonds is 2. The Labute approximate surface area is 143 Å². The molecule has 0 saturated carbocycles. The number of anilines is 2. The summed E-state index contributed by atoms with van der Waals surface area (Å²) in [5.74, 6) is -1.33. The Hall–Kier alpha value is -2.08. The normalized spacial score (nSPS) is 19.5. The van der Waals surface area contributed by atoms with Crippen LogP contribution < -0.4 is 21.7 Å². The molecule has 1 heterocycles. The van der Waals surface area contributed by atoms with Crippen molar-refractivity contribution in [3.05, 3.63) is 23.8 Å². The fraction of sp³-hybridized carbons (Fsp3) is 0.556. The van der Waals surface area contributed by atoms with E-state index in [1.807, 2.05) is 13.0 Å². The van der Waals surface area contributed by atoms with Crippen molar-refractivity contribution < 1.29 is 9.59 Å². The van der Waals surface area contributed by atoms with Crippen LogP contribution in [0.4, 0.5) is 11.4 Å². The predicted octanol–water partition coefficient (Wildman–Crippen LogP) is 1.94. The van der Waals surface area contributed by atoms with Crippen molar-refractivity contribution in [3.8, 4) is 0 Å². The third-order valence-electron chi connectivity index (χ3n) is 4.19. The van der Waals surface area contributed by atoms with Crippen molar-refractivity contribution in [1.29, 1.82) is 0 Å². The van der Waals surface area contributed by atoms with Gasteiger partial charge in [0.1, 0.15) is 0 Å². The summed E-state index contributed by atoms with van der Waals surface area (Å²) in [5, 5.41) is 8.97. The number of nitrogen functional groups attached to an aromatic ring is 1. The molecule has 2 rings (SSSR count). The molecule has 0 spiro atoms. The van der Waals surface area contributed by atoms with Gasteiger partial charge < -0.3 is 21.7 Å². The highest BCUT2D eigenvalue weighted by atomic mass is 16.2. The number of carbonyl (C=O) groups excluding carboxylic acids is 2. The molecule has 0 aliphatic carbocycles. The van der Waals surface area contributed by atoms with Crippen LogP contribution in [-0.2, 0) is 9.59 Å². The molecule has 6 nitrogen and oxygen atoms in total. The molecule has 0 unspecified atom stereocenters. The van der Waals surface area contributed by atoms with Crippen molar-refractivity contribution in [2.45, 2.75) is 64.6 Å². The Bertz CT molecular complexity index is 636. The topological polar surface area (TPSA) is 96.2 Å². The van der Waals surface area contributed by atoms with Gasteiger partial charge in [0.05, 0.1) is 11.4 Å². The fourth-order valence-electron chi connectivity index (χ4n) is 3.65. The third kappa shape index (κ3) is 4.71. The molecule has 1 fully saturated rings. The summed E-state index contributed by atoms with van der Waals surface area (Å²) in [5.41, 5.74) is 7.56.